The predicted molar refractivity (Wildman–Crippen MR) is 126 cm³/mol. The van der Waals surface area contributed by atoms with Crippen molar-refractivity contribution in [3.05, 3.63) is 42.2 Å². The van der Waals surface area contributed by atoms with Crippen molar-refractivity contribution in [1.29, 1.82) is 0 Å². The van der Waals surface area contributed by atoms with Crippen LogP contribution < -0.4 is 15.1 Å². The Balaban J connectivity index is 1.61. The number of nitrogens with one attached hydrogen (secondary N) is 1. The molecule has 2 aliphatic rings. The topological polar surface area (TPSA) is 64.6 Å². The lowest BCUT2D eigenvalue weighted by Crippen LogP contribution is -2.38. The molecule has 1 unspecified atom stereocenters. The van der Waals surface area contributed by atoms with Gasteiger partial charge in [-0.25, -0.2) is 4.98 Å². The molecule has 1 aromatic heterocycles. The molecule has 32 heavy (non-hydrogen) atoms. The second-order valence-corrected chi connectivity index (χ2v) is 9.87. The molecule has 2 saturated heterocycles. The van der Waals surface area contributed by atoms with Crippen LogP contribution in [0.1, 0.15) is 43.6 Å². The lowest BCUT2D eigenvalue weighted by Gasteiger charge is -2.39. The molecular weight excluding hydrogens is 407 g/mol. The summed E-state index contributed by atoms with van der Waals surface area (Å²) in [5, 5.41) is 2.95. The summed E-state index contributed by atoms with van der Waals surface area (Å²) in [6.07, 6.45) is 3.67. The first-order valence-electron chi connectivity index (χ1n) is 11.3. The van der Waals surface area contributed by atoms with Gasteiger partial charge in [0.1, 0.15) is 5.69 Å². The van der Waals surface area contributed by atoms with E-state index < -0.39 is 12.0 Å². The Morgan fingerprint density at radius 1 is 1.16 bits per heavy atom. The van der Waals surface area contributed by atoms with Gasteiger partial charge in [0.25, 0.3) is 5.91 Å². The zero-order valence-electron chi connectivity index (χ0n) is 19.4. The van der Waals surface area contributed by atoms with Gasteiger partial charge in [-0.15, -0.1) is 0 Å². The normalized spacial score (nSPS) is 20.6. The first kappa shape index (κ1) is 22.5. The van der Waals surface area contributed by atoms with E-state index in [9.17, 15) is 9.18 Å². The summed E-state index contributed by atoms with van der Waals surface area (Å²) >= 11 is 0. The summed E-state index contributed by atoms with van der Waals surface area (Å²) in [5.74, 6) is -0.438. The third-order valence-electron chi connectivity index (χ3n) is 6.80. The number of carbonyl (C=O) groups excluding carboxylic acids is 1. The number of benzene rings is 1. The van der Waals surface area contributed by atoms with E-state index in [2.05, 4.69) is 70.1 Å². The van der Waals surface area contributed by atoms with E-state index in [1.165, 1.54) is 18.0 Å². The maximum atomic E-state index is 13.4. The highest BCUT2D eigenvalue weighted by molar-refractivity contribution is 6.04. The van der Waals surface area contributed by atoms with Crippen LogP contribution in [-0.2, 0) is 0 Å². The lowest BCUT2D eigenvalue weighted by molar-refractivity contribution is 0.102. The van der Waals surface area contributed by atoms with Gasteiger partial charge in [-0.3, -0.25) is 4.79 Å². The summed E-state index contributed by atoms with van der Waals surface area (Å²) in [7, 11) is 4.26. The first-order chi connectivity index (χ1) is 15.2. The molecule has 1 aromatic carbocycles. The standard InChI is InChI=1S/C24H33FN6O/c1-24(2)9-13-30(14-10-24)21-15-17(31-12-8-18(16-31)29(3)4)5-6-19(21)27-22(32)20-7-11-26-23(25)28-20/h5-7,11,15,18H,8-10,12-14,16H2,1-4H3,(H,27,32). The average Bonchev–Trinajstić information content (AvgIpc) is 3.25. The van der Waals surface area contributed by atoms with Crippen LogP contribution in [0.2, 0.25) is 0 Å². The largest absolute Gasteiger partial charge is 0.370 e. The molecule has 0 spiro atoms. The van der Waals surface area contributed by atoms with E-state index in [0.29, 0.717) is 11.5 Å². The van der Waals surface area contributed by atoms with Crippen molar-refractivity contribution in [3.8, 4) is 0 Å². The number of amides is 1. The third-order valence-corrected chi connectivity index (χ3v) is 6.80. The van der Waals surface area contributed by atoms with Gasteiger partial charge in [0.2, 0.25) is 0 Å². The van der Waals surface area contributed by atoms with Crippen LogP contribution >= 0.6 is 0 Å². The fraction of sp³-hybridized carbons (Fsp3) is 0.542. The lowest BCUT2D eigenvalue weighted by atomic mass is 9.82. The minimum Gasteiger partial charge on any atom is -0.370 e. The molecule has 1 N–H and O–H groups in total. The van der Waals surface area contributed by atoms with Crippen LogP contribution in [0.15, 0.2) is 30.5 Å². The molecule has 2 fully saturated rings. The Labute approximate surface area is 189 Å². The van der Waals surface area contributed by atoms with Crippen molar-refractivity contribution in [3.63, 3.8) is 0 Å². The van der Waals surface area contributed by atoms with Gasteiger partial charge in [-0.05, 0) is 63.0 Å². The highest BCUT2D eigenvalue weighted by Gasteiger charge is 2.29. The minimum absolute atomic E-state index is 0.0145. The molecule has 2 aliphatic heterocycles. The van der Waals surface area contributed by atoms with Crippen LogP contribution in [0.5, 0.6) is 0 Å². The molecule has 4 rings (SSSR count). The van der Waals surface area contributed by atoms with Crippen molar-refractivity contribution in [2.24, 2.45) is 5.41 Å². The Bertz CT molecular complexity index is 969. The Morgan fingerprint density at radius 3 is 2.56 bits per heavy atom. The number of nitrogens with zero attached hydrogens (tertiary/aromatic N) is 5. The molecule has 1 atom stereocenters. The zero-order valence-corrected chi connectivity index (χ0v) is 19.4. The van der Waals surface area contributed by atoms with Crippen LogP contribution in [-0.4, -0.2) is 67.1 Å². The summed E-state index contributed by atoms with van der Waals surface area (Å²) in [6.45, 7) is 8.48. The highest BCUT2D eigenvalue weighted by atomic mass is 19.1. The smallest absolute Gasteiger partial charge is 0.309 e. The zero-order chi connectivity index (χ0) is 22.9. The van der Waals surface area contributed by atoms with Gasteiger partial charge in [-0.2, -0.15) is 9.37 Å². The Kier molecular flexibility index (Phi) is 6.33. The summed E-state index contributed by atoms with van der Waals surface area (Å²) < 4.78 is 13.4. The van der Waals surface area contributed by atoms with E-state index in [-0.39, 0.29) is 5.69 Å². The van der Waals surface area contributed by atoms with E-state index in [0.717, 1.165) is 56.8 Å². The molecule has 8 heteroatoms. The van der Waals surface area contributed by atoms with Gasteiger partial charge in [-0.1, -0.05) is 13.8 Å². The number of hydrogen-bond donors (Lipinski definition) is 1. The second kappa shape index (κ2) is 9.02. The van der Waals surface area contributed by atoms with Crippen molar-refractivity contribution >= 4 is 23.0 Å². The van der Waals surface area contributed by atoms with E-state index in [1.54, 1.807) is 0 Å². The molecular formula is C24H33FN6O. The molecule has 0 saturated carbocycles. The van der Waals surface area contributed by atoms with Gasteiger partial charge < -0.3 is 20.0 Å². The predicted octanol–water partition coefficient (Wildman–Crippen LogP) is 3.63. The van der Waals surface area contributed by atoms with Crippen LogP contribution in [0.3, 0.4) is 0 Å². The number of carbonyl (C=O) groups is 1. The van der Waals surface area contributed by atoms with Gasteiger partial charge in [0.05, 0.1) is 11.4 Å². The molecule has 0 aliphatic carbocycles. The summed E-state index contributed by atoms with van der Waals surface area (Å²) in [5.41, 5.74) is 3.24. The molecule has 7 nitrogen and oxygen atoms in total. The van der Waals surface area contributed by atoms with Gasteiger partial charge in [0, 0.05) is 44.1 Å². The van der Waals surface area contributed by atoms with Gasteiger partial charge >= 0.3 is 6.08 Å². The van der Waals surface area contributed by atoms with Crippen molar-refractivity contribution in [1.82, 2.24) is 14.9 Å². The van der Waals surface area contributed by atoms with Crippen LogP contribution in [0.4, 0.5) is 21.5 Å². The van der Waals surface area contributed by atoms with Crippen molar-refractivity contribution in [2.75, 3.05) is 55.4 Å². The number of rotatable bonds is 5. The average molecular weight is 441 g/mol. The van der Waals surface area contributed by atoms with Gasteiger partial charge in [0.15, 0.2) is 0 Å². The maximum absolute atomic E-state index is 13.4. The second-order valence-electron chi connectivity index (χ2n) is 9.87. The SMILES string of the molecule is CN(C)C1CCN(c2ccc(NC(=O)c3ccnc(F)n3)c(N3CCC(C)(C)CC3)c2)C1. The third kappa shape index (κ3) is 5.01. The van der Waals surface area contributed by atoms with E-state index in [4.69, 9.17) is 0 Å². The highest BCUT2D eigenvalue weighted by Crippen LogP contribution is 2.38. The number of likely N-dealkylation sites (N-methyl/N-ethyl adjacent to an activating group) is 1. The first-order valence-corrected chi connectivity index (χ1v) is 11.3. The maximum Gasteiger partial charge on any atom is 0.309 e. The molecule has 0 radical (unpaired) electrons. The summed E-state index contributed by atoms with van der Waals surface area (Å²) in [6, 6.07) is 8.17. The van der Waals surface area contributed by atoms with Crippen molar-refractivity contribution in [2.45, 2.75) is 39.2 Å². The van der Waals surface area contributed by atoms with E-state index >= 15 is 0 Å². The minimum atomic E-state index is -0.907. The number of anilines is 3. The van der Waals surface area contributed by atoms with Crippen molar-refractivity contribution < 1.29 is 9.18 Å². The number of piperidine rings is 1. The fourth-order valence-electron chi connectivity index (χ4n) is 4.48. The fourth-order valence-corrected chi connectivity index (χ4v) is 4.48. The van der Waals surface area contributed by atoms with Crippen LogP contribution in [0, 0.1) is 11.5 Å². The number of aromatic nitrogens is 2. The molecule has 1 amide bonds. The monoisotopic (exact) mass is 440 g/mol. The Hall–Kier alpha value is -2.74. The summed E-state index contributed by atoms with van der Waals surface area (Å²) in [4.78, 5) is 26.9. The molecule has 172 valence electrons. The Morgan fingerprint density at radius 2 is 1.91 bits per heavy atom. The quantitative estimate of drug-likeness (QED) is 0.717. The molecule has 0 bridgehead atoms. The van der Waals surface area contributed by atoms with E-state index in [1.807, 2.05) is 6.07 Å². The number of halogens is 1. The number of hydrogen-bond acceptors (Lipinski definition) is 6. The van der Waals surface area contributed by atoms with Crippen LogP contribution in [0.25, 0.3) is 0 Å². The molecule has 2 aromatic rings. The molecule has 3 heterocycles.